The lowest BCUT2D eigenvalue weighted by Crippen LogP contribution is -2.50. The number of aliphatic imine (C=N–C) groups is 1. The number of benzene rings is 1. The van der Waals surface area contributed by atoms with Gasteiger partial charge in [-0.05, 0) is 18.2 Å². The fourth-order valence-corrected chi connectivity index (χ4v) is 3.37. The molecule has 0 aromatic heterocycles. The van der Waals surface area contributed by atoms with Crippen LogP contribution in [-0.2, 0) is 10.0 Å². The third-order valence-corrected chi connectivity index (χ3v) is 4.22. The molecule has 0 bridgehead atoms. The summed E-state index contributed by atoms with van der Waals surface area (Å²) in [6.45, 7) is 0.139. The maximum absolute atomic E-state index is 11.9. The standard InChI is InChI=1S/C9H8ClN3O3S/c10-5-1-2-6-7(3-5)17(15,16)12-9-11-4-8(14)13(6)9/h1-3,8,14H,4H2,(H,11,12). The van der Waals surface area contributed by atoms with Crippen molar-refractivity contribution in [2.75, 3.05) is 11.4 Å². The molecule has 2 aliphatic heterocycles. The van der Waals surface area contributed by atoms with Crippen LogP contribution >= 0.6 is 11.6 Å². The van der Waals surface area contributed by atoms with Gasteiger partial charge in [0, 0.05) is 5.02 Å². The first-order valence-corrected chi connectivity index (χ1v) is 6.69. The van der Waals surface area contributed by atoms with Gasteiger partial charge < -0.3 is 5.11 Å². The number of fused-ring (bicyclic) bond motifs is 3. The summed E-state index contributed by atoms with van der Waals surface area (Å²) in [7, 11) is -3.66. The summed E-state index contributed by atoms with van der Waals surface area (Å²) in [5.41, 5.74) is 0.386. The van der Waals surface area contributed by atoms with E-state index >= 15 is 0 Å². The summed E-state index contributed by atoms with van der Waals surface area (Å²) >= 11 is 5.78. The second kappa shape index (κ2) is 3.34. The Labute approximate surface area is 103 Å². The normalized spacial score (nSPS) is 24.7. The summed E-state index contributed by atoms with van der Waals surface area (Å²) in [6, 6.07) is 4.48. The van der Waals surface area contributed by atoms with E-state index in [1.165, 1.54) is 11.0 Å². The van der Waals surface area contributed by atoms with Gasteiger partial charge in [0.1, 0.15) is 4.90 Å². The van der Waals surface area contributed by atoms with Crippen molar-refractivity contribution in [3.8, 4) is 0 Å². The number of anilines is 1. The molecule has 0 fully saturated rings. The van der Waals surface area contributed by atoms with Crippen molar-refractivity contribution >= 4 is 33.3 Å². The van der Waals surface area contributed by atoms with Crippen LogP contribution in [0.1, 0.15) is 0 Å². The van der Waals surface area contributed by atoms with Crippen LogP contribution < -0.4 is 9.62 Å². The Bertz CT molecular complexity index is 628. The number of hydrogen-bond donors (Lipinski definition) is 2. The summed E-state index contributed by atoms with van der Waals surface area (Å²) in [5, 5.41) is 10.1. The minimum Gasteiger partial charge on any atom is -0.371 e. The highest BCUT2D eigenvalue weighted by atomic mass is 35.5. The van der Waals surface area contributed by atoms with Crippen LogP contribution in [0.4, 0.5) is 5.69 Å². The van der Waals surface area contributed by atoms with Gasteiger partial charge in [-0.1, -0.05) is 11.6 Å². The van der Waals surface area contributed by atoms with Gasteiger partial charge in [0.05, 0.1) is 12.2 Å². The van der Waals surface area contributed by atoms with Crippen LogP contribution in [0.5, 0.6) is 0 Å². The first kappa shape index (κ1) is 10.8. The van der Waals surface area contributed by atoms with E-state index < -0.39 is 16.3 Å². The highest BCUT2D eigenvalue weighted by molar-refractivity contribution is 7.90. The molecule has 1 aromatic rings. The van der Waals surface area contributed by atoms with Gasteiger partial charge in [0.2, 0.25) is 5.96 Å². The monoisotopic (exact) mass is 273 g/mol. The van der Waals surface area contributed by atoms with E-state index in [4.69, 9.17) is 11.6 Å². The molecule has 0 saturated heterocycles. The molecule has 2 heterocycles. The van der Waals surface area contributed by atoms with Gasteiger partial charge >= 0.3 is 0 Å². The lowest BCUT2D eigenvalue weighted by molar-refractivity contribution is 0.200. The number of nitrogens with zero attached hydrogens (tertiary/aromatic N) is 2. The molecule has 0 radical (unpaired) electrons. The zero-order valence-corrected chi connectivity index (χ0v) is 10.0. The number of hydrogen-bond acceptors (Lipinski definition) is 5. The Morgan fingerprint density at radius 1 is 1.53 bits per heavy atom. The molecule has 90 valence electrons. The molecular weight excluding hydrogens is 266 g/mol. The van der Waals surface area contributed by atoms with Gasteiger partial charge in [-0.15, -0.1) is 0 Å². The van der Waals surface area contributed by atoms with Crippen LogP contribution in [0.15, 0.2) is 28.1 Å². The second-order valence-electron chi connectivity index (χ2n) is 3.73. The Hall–Kier alpha value is -1.31. The van der Waals surface area contributed by atoms with E-state index in [0.29, 0.717) is 10.7 Å². The molecule has 1 atom stereocenters. The first-order valence-electron chi connectivity index (χ1n) is 4.83. The van der Waals surface area contributed by atoms with Crippen molar-refractivity contribution in [3.05, 3.63) is 23.2 Å². The maximum Gasteiger partial charge on any atom is 0.266 e. The molecule has 1 aromatic carbocycles. The van der Waals surface area contributed by atoms with Crippen LogP contribution in [-0.4, -0.2) is 32.3 Å². The quantitative estimate of drug-likeness (QED) is 0.704. The number of nitrogens with one attached hydrogen (secondary N) is 1. The zero-order valence-electron chi connectivity index (χ0n) is 8.46. The van der Waals surface area contributed by atoms with Gasteiger partial charge in [-0.2, -0.15) is 0 Å². The number of halogens is 1. The van der Waals surface area contributed by atoms with Crippen LogP contribution in [0.3, 0.4) is 0 Å². The highest BCUT2D eigenvalue weighted by Gasteiger charge is 2.38. The molecule has 1 unspecified atom stereocenters. The van der Waals surface area contributed by atoms with Crippen LogP contribution in [0.25, 0.3) is 0 Å². The predicted molar refractivity (Wildman–Crippen MR) is 62.6 cm³/mol. The summed E-state index contributed by atoms with van der Waals surface area (Å²) in [6.07, 6.45) is -0.854. The van der Waals surface area contributed by atoms with Crippen molar-refractivity contribution in [2.24, 2.45) is 4.99 Å². The average molecular weight is 274 g/mol. The molecule has 0 spiro atoms. The zero-order chi connectivity index (χ0) is 12.2. The number of sulfonamides is 1. The maximum atomic E-state index is 11.9. The van der Waals surface area contributed by atoms with Crippen LogP contribution in [0.2, 0.25) is 5.02 Å². The minimum atomic E-state index is -3.66. The van der Waals surface area contributed by atoms with Crippen molar-refractivity contribution in [1.29, 1.82) is 0 Å². The van der Waals surface area contributed by atoms with E-state index in [1.54, 1.807) is 12.1 Å². The van der Waals surface area contributed by atoms with E-state index in [2.05, 4.69) is 9.71 Å². The van der Waals surface area contributed by atoms with Gasteiger partial charge in [-0.25, -0.2) is 18.1 Å². The molecule has 0 saturated carbocycles. The number of aliphatic hydroxyl groups excluding tert-OH is 1. The van der Waals surface area contributed by atoms with Gasteiger partial charge in [-0.3, -0.25) is 4.90 Å². The Balaban J connectivity index is 2.28. The van der Waals surface area contributed by atoms with Gasteiger partial charge in [0.15, 0.2) is 6.23 Å². The third kappa shape index (κ3) is 1.50. The lowest BCUT2D eigenvalue weighted by Gasteiger charge is -2.30. The minimum absolute atomic E-state index is 0.0462. The molecule has 0 amide bonds. The summed E-state index contributed by atoms with van der Waals surface area (Å²) in [5.74, 6) is 0.146. The van der Waals surface area contributed by atoms with Crippen molar-refractivity contribution < 1.29 is 13.5 Å². The number of guanidine groups is 1. The second-order valence-corrected chi connectivity index (χ2v) is 5.82. The highest BCUT2D eigenvalue weighted by Crippen LogP contribution is 2.34. The summed E-state index contributed by atoms with van der Waals surface area (Å²) < 4.78 is 26.1. The summed E-state index contributed by atoms with van der Waals surface area (Å²) in [4.78, 5) is 5.41. The predicted octanol–water partition coefficient (Wildman–Crippen LogP) is 0.126. The third-order valence-electron chi connectivity index (χ3n) is 2.63. The Morgan fingerprint density at radius 3 is 3.06 bits per heavy atom. The molecule has 2 N–H and O–H groups in total. The first-order chi connectivity index (χ1) is 7.99. The van der Waals surface area contributed by atoms with E-state index in [0.717, 1.165) is 0 Å². The van der Waals surface area contributed by atoms with Crippen LogP contribution in [0, 0.1) is 0 Å². The largest absolute Gasteiger partial charge is 0.371 e. The van der Waals surface area contributed by atoms with Gasteiger partial charge in [0.25, 0.3) is 10.0 Å². The number of aliphatic hydroxyl groups is 1. The van der Waals surface area contributed by atoms with Crippen molar-refractivity contribution in [3.63, 3.8) is 0 Å². The molecule has 0 aliphatic carbocycles. The van der Waals surface area contributed by atoms with E-state index in [1.807, 2.05) is 0 Å². The topological polar surface area (TPSA) is 82.0 Å². The molecule has 6 nitrogen and oxygen atoms in total. The van der Waals surface area contributed by atoms with Crippen molar-refractivity contribution in [2.45, 2.75) is 11.1 Å². The molecule has 2 aliphatic rings. The lowest BCUT2D eigenvalue weighted by atomic mass is 10.3. The molecular formula is C9H8ClN3O3S. The number of rotatable bonds is 0. The molecule has 3 rings (SSSR count). The smallest absolute Gasteiger partial charge is 0.266 e. The fourth-order valence-electron chi connectivity index (χ4n) is 1.90. The van der Waals surface area contributed by atoms with E-state index in [-0.39, 0.29) is 17.4 Å². The Morgan fingerprint density at radius 2 is 2.29 bits per heavy atom. The van der Waals surface area contributed by atoms with Crippen molar-refractivity contribution in [1.82, 2.24) is 4.72 Å². The molecule has 17 heavy (non-hydrogen) atoms. The molecule has 8 heteroatoms. The Kier molecular flexibility index (Phi) is 2.13. The van der Waals surface area contributed by atoms with E-state index in [9.17, 15) is 13.5 Å². The average Bonchev–Trinajstić information content (AvgIpc) is 2.60. The fraction of sp³-hybridized carbons (Fsp3) is 0.222. The SMILES string of the molecule is O=S1(=O)NC2=NCC(O)N2c2ccc(Cl)cc21.